The molecular weight excluding hydrogens is 312 g/mol. The van der Waals surface area contributed by atoms with E-state index in [2.05, 4.69) is 31.2 Å². The molecule has 5 N–H and O–H groups in total. The highest BCUT2D eigenvalue weighted by atomic mass is 79.9. The number of carbonyl (C=O) groups is 1. The van der Waals surface area contributed by atoms with Gasteiger partial charge in [-0.05, 0) is 41.0 Å². The van der Waals surface area contributed by atoms with Gasteiger partial charge in [0.15, 0.2) is 0 Å². The van der Waals surface area contributed by atoms with Gasteiger partial charge in [-0.2, -0.15) is 0 Å². The van der Waals surface area contributed by atoms with Gasteiger partial charge in [-0.3, -0.25) is 4.79 Å². The highest BCUT2D eigenvalue weighted by Crippen LogP contribution is 2.26. The van der Waals surface area contributed by atoms with E-state index in [1.54, 1.807) is 12.1 Å². The number of rotatable bonds is 4. The summed E-state index contributed by atoms with van der Waals surface area (Å²) in [6.07, 6.45) is 0.632. The molecule has 1 unspecified atom stereocenters. The van der Waals surface area contributed by atoms with E-state index in [9.17, 15) is 9.59 Å². The number of aromatic nitrogens is 2. The lowest BCUT2D eigenvalue weighted by Crippen LogP contribution is -2.22. The maximum Gasteiger partial charge on any atom is 0.323 e. The van der Waals surface area contributed by atoms with Crippen LogP contribution in [0, 0.1) is 5.92 Å². The molecule has 0 aliphatic rings. The molecule has 6 nitrogen and oxygen atoms in total. The van der Waals surface area contributed by atoms with Gasteiger partial charge in [0.25, 0.3) is 0 Å². The zero-order valence-electron chi connectivity index (χ0n) is 10.4. The first-order chi connectivity index (χ1) is 9.01. The van der Waals surface area contributed by atoms with Gasteiger partial charge in [-0.25, -0.2) is 4.79 Å². The number of hydrogen-bond acceptors (Lipinski definition) is 3. The Hall–Kier alpha value is -1.60. The molecule has 0 saturated carbocycles. The summed E-state index contributed by atoms with van der Waals surface area (Å²) >= 11 is 3.37. The van der Waals surface area contributed by atoms with Crippen LogP contribution in [0.1, 0.15) is 13.3 Å². The molecule has 0 spiro atoms. The first-order valence-corrected chi connectivity index (χ1v) is 6.73. The third-order valence-corrected chi connectivity index (χ3v) is 3.56. The molecule has 2 aromatic rings. The van der Waals surface area contributed by atoms with Gasteiger partial charge in [0.05, 0.1) is 16.7 Å². The van der Waals surface area contributed by atoms with Crippen LogP contribution >= 0.6 is 15.9 Å². The second kappa shape index (κ2) is 5.58. The molecule has 0 saturated heterocycles. The number of hydrogen-bond donors (Lipinski definition) is 4. The maximum atomic E-state index is 11.9. The normalized spacial score (nSPS) is 12.6. The summed E-state index contributed by atoms with van der Waals surface area (Å²) in [6, 6.07) is 3.46. The van der Waals surface area contributed by atoms with Crippen LogP contribution in [-0.4, -0.2) is 22.4 Å². The summed E-state index contributed by atoms with van der Waals surface area (Å²) in [4.78, 5) is 28.4. The smallest absolute Gasteiger partial charge is 0.323 e. The van der Waals surface area contributed by atoms with Gasteiger partial charge in [0.2, 0.25) is 5.91 Å². The van der Waals surface area contributed by atoms with Crippen molar-refractivity contribution in [1.29, 1.82) is 0 Å². The quantitative estimate of drug-likeness (QED) is 0.685. The number of carbonyl (C=O) groups excluding carboxylic acids is 1. The van der Waals surface area contributed by atoms with Gasteiger partial charge in [-0.1, -0.05) is 6.92 Å². The van der Waals surface area contributed by atoms with Gasteiger partial charge < -0.3 is 21.0 Å². The Bertz CT molecular complexity index is 661. The Kier molecular flexibility index (Phi) is 4.06. The van der Waals surface area contributed by atoms with Crippen LogP contribution < -0.4 is 16.7 Å². The number of fused-ring (bicyclic) bond motifs is 1. The predicted molar refractivity (Wildman–Crippen MR) is 78.1 cm³/mol. The summed E-state index contributed by atoms with van der Waals surface area (Å²) in [5.74, 6) is -0.249. The largest absolute Gasteiger partial charge is 0.330 e. The lowest BCUT2D eigenvalue weighted by Gasteiger charge is -2.12. The van der Waals surface area contributed by atoms with E-state index >= 15 is 0 Å². The third-order valence-electron chi connectivity index (χ3n) is 2.91. The number of halogens is 1. The average Bonchev–Trinajstić information content (AvgIpc) is 2.69. The Balaban J connectivity index is 2.27. The monoisotopic (exact) mass is 326 g/mol. The second-order valence-electron chi connectivity index (χ2n) is 4.42. The van der Waals surface area contributed by atoms with Gasteiger partial charge >= 0.3 is 5.69 Å². The van der Waals surface area contributed by atoms with E-state index in [1.165, 1.54) is 0 Å². The van der Waals surface area contributed by atoms with Crippen LogP contribution in [0.2, 0.25) is 0 Å². The SMILES string of the molecule is CC(CCN)C(=O)Nc1cc2[nH]c(=O)[nH]c2cc1Br. The maximum absolute atomic E-state index is 11.9. The summed E-state index contributed by atoms with van der Waals surface area (Å²) in [7, 11) is 0. The van der Waals surface area contributed by atoms with Crippen molar-refractivity contribution >= 4 is 38.6 Å². The van der Waals surface area contributed by atoms with Crippen molar-refractivity contribution in [2.75, 3.05) is 11.9 Å². The van der Waals surface area contributed by atoms with E-state index < -0.39 is 0 Å². The van der Waals surface area contributed by atoms with Gasteiger partial charge in [-0.15, -0.1) is 0 Å². The Morgan fingerprint density at radius 3 is 2.68 bits per heavy atom. The number of benzene rings is 1. The summed E-state index contributed by atoms with van der Waals surface area (Å²) in [5.41, 5.74) is 7.11. The van der Waals surface area contributed by atoms with E-state index in [0.717, 1.165) is 0 Å². The van der Waals surface area contributed by atoms with E-state index in [1.807, 2.05) is 6.92 Å². The molecule has 0 bridgehead atoms. The van der Waals surface area contributed by atoms with Crippen molar-refractivity contribution in [2.45, 2.75) is 13.3 Å². The predicted octanol–water partition coefficient (Wildman–Crippen LogP) is 1.54. The molecule has 19 heavy (non-hydrogen) atoms. The minimum absolute atomic E-state index is 0.0941. The van der Waals surface area contributed by atoms with Crippen LogP contribution in [0.15, 0.2) is 21.4 Å². The lowest BCUT2D eigenvalue weighted by molar-refractivity contribution is -0.119. The highest BCUT2D eigenvalue weighted by Gasteiger charge is 2.14. The van der Waals surface area contributed by atoms with Crippen LogP contribution in [0.5, 0.6) is 0 Å². The van der Waals surface area contributed by atoms with Crippen molar-refractivity contribution in [3.8, 4) is 0 Å². The lowest BCUT2D eigenvalue weighted by atomic mass is 10.1. The molecule has 1 heterocycles. The number of nitrogens with two attached hydrogens (primary N) is 1. The second-order valence-corrected chi connectivity index (χ2v) is 5.28. The zero-order chi connectivity index (χ0) is 14.0. The molecule has 1 amide bonds. The van der Waals surface area contributed by atoms with E-state index in [-0.39, 0.29) is 17.5 Å². The summed E-state index contributed by atoms with van der Waals surface area (Å²) < 4.78 is 0.712. The molecule has 0 radical (unpaired) electrons. The number of anilines is 1. The molecule has 0 aliphatic carbocycles. The van der Waals surface area contributed by atoms with Crippen LogP contribution in [0.25, 0.3) is 11.0 Å². The number of nitrogens with one attached hydrogen (secondary N) is 3. The first kappa shape index (κ1) is 13.8. The molecule has 2 rings (SSSR count). The van der Waals surface area contributed by atoms with Crippen molar-refractivity contribution in [2.24, 2.45) is 11.7 Å². The minimum atomic E-state index is -0.276. The fourth-order valence-corrected chi connectivity index (χ4v) is 2.23. The molecule has 102 valence electrons. The van der Waals surface area contributed by atoms with Crippen LogP contribution in [0.4, 0.5) is 5.69 Å². The van der Waals surface area contributed by atoms with Gasteiger partial charge in [0, 0.05) is 10.4 Å². The molecular formula is C12H15BrN4O2. The number of imidazole rings is 1. The number of H-pyrrole nitrogens is 2. The average molecular weight is 327 g/mol. The molecule has 1 aromatic carbocycles. The molecule has 0 aliphatic heterocycles. The molecule has 1 aromatic heterocycles. The minimum Gasteiger partial charge on any atom is -0.330 e. The van der Waals surface area contributed by atoms with Crippen molar-refractivity contribution < 1.29 is 4.79 Å². The topological polar surface area (TPSA) is 104 Å². The first-order valence-electron chi connectivity index (χ1n) is 5.93. The molecule has 0 fully saturated rings. The fraction of sp³-hybridized carbons (Fsp3) is 0.333. The van der Waals surface area contributed by atoms with Gasteiger partial charge in [0.1, 0.15) is 0 Å². The Morgan fingerprint density at radius 1 is 1.42 bits per heavy atom. The highest BCUT2D eigenvalue weighted by molar-refractivity contribution is 9.10. The summed E-state index contributed by atoms with van der Waals surface area (Å²) in [6.45, 7) is 2.30. The van der Waals surface area contributed by atoms with Crippen molar-refractivity contribution in [3.63, 3.8) is 0 Å². The van der Waals surface area contributed by atoms with E-state index in [0.29, 0.717) is 34.2 Å². The molecule has 1 atom stereocenters. The van der Waals surface area contributed by atoms with E-state index in [4.69, 9.17) is 5.73 Å². The number of amides is 1. The Morgan fingerprint density at radius 2 is 2.05 bits per heavy atom. The number of aromatic amines is 2. The van der Waals surface area contributed by atoms with Crippen LogP contribution in [0.3, 0.4) is 0 Å². The fourth-order valence-electron chi connectivity index (χ4n) is 1.79. The van der Waals surface area contributed by atoms with Crippen molar-refractivity contribution in [3.05, 3.63) is 27.1 Å². The van der Waals surface area contributed by atoms with Crippen molar-refractivity contribution in [1.82, 2.24) is 9.97 Å². The molecule has 7 heteroatoms. The van der Waals surface area contributed by atoms with Crippen LogP contribution in [-0.2, 0) is 4.79 Å². The Labute approximate surface area is 117 Å². The third kappa shape index (κ3) is 3.05. The standard InChI is InChI=1S/C12H15BrN4O2/c1-6(2-3-14)11(18)15-8-5-10-9(4-7(8)13)16-12(19)17-10/h4-6H,2-3,14H2,1H3,(H,15,18)(H2,16,17,19). The summed E-state index contributed by atoms with van der Waals surface area (Å²) in [5, 5.41) is 2.82. The zero-order valence-corrected chi connectivity index (χ0v) is 12.0.